The molecule has 2 atom stereocenters. The summed E-state index contributed by atoms with van der Waals surface area (Å²) in [4.78, 5) is 43.4. The van der Waals surface area contributed by atoms with Gasteiger partial charge in [-0.15, -0.1) is 0 Å². The van der Waals surface area contributed by atoms with Crippen molar-refractivity contribution in [1.82, 2.24) is 19.8 Å². The number of fused-ring (bicyclic) bond motifs is 1. The van der Waals surface area contributed by atoms with Gasteiger partial charge in [-0.25, -0.2) is 9.78 Å². The Balaban J connectivity index is 1.66. The van der Waals surface area contributed by atoms with Crippen molar-refractivity contribution in [3.63, 3.8) is 0 Å². The number of carbonyl (C=O) groups excluding carboxylic acids is 2. The predicted molar refractivity (Wildman–Crippen MR) is 105 cm³/mol. The van der Waals surface area contributed by atoms with E-state index in [0.717, 1.165) is 12.8 Å². The first-order valence-electron chi connectivity index (χ1n) is 9.41. The van der Waals surface area contributed by atoms with Crippen LogP contribution in [0.1, 0.15) is 19.8 Å². The molecule has 148 valence electrons. The van der Waals surface area contributed by atoms with Gasteiger partial charge >= 0.3 is 6.03 Å². The molecule has 1 aromatic carbocycles. The summed E-state index contributed by atoms with van der Waals surface area (Å²) in [6, 6.07) is 6.82. The van der Waals surface area contributed by atoms with Gasteiger partial charge in [0.2, 0.25) is 5.91 Å². The maximum atomic E-state index is 13.1. The Morgan fingerprint density at radius 3 is 2.93 bits per heavy atom. The number of amides is 3. The molecular formula is C19H22N4O4S. The Bertz CT molecular complexity index is 970. The molecule has 0 saturated carbocycles. The van der Waals surface area contributed by atoms with Crippen molar-refractivity contribution in [3.8, 4) is 0 Å². The summed E-state index contributed by atoms with van der Waals surface area (Å²) in [5.41, 5.74) is 0.458. The molecule has 0 aliphatic carbocycles. The van der Waals surface area contributed by atoms with Crippen molar-refractivity contribution in [2.45, 2.75) is 42.8 Å². The van der Waals surface area contributed by atoms with Crippen molar-refractivity contribution in [2.75, 3.05) is 19.7 Å². The molecule has 28 heavy (non-hydrogen) atoms. The van der Waals surface area contributed by atoms with Gasteiger partial charge in [-0.05, 0) is 31.9 Å². The molecule has 3 heterocycles. The lowest BCUT2D eigenvalue weighted by atomic mass is 10.2. The van der Waals surface area contributed by atoms with Crippen LogP contribution in [0.2, 0.25) is 0 Å². The minimum Gasteiger partial charge on any atom is -0.376 e. The predicted octanol–water partition coefficient (Wildman–Crippen LogP) is 1.61. The molecule has 1 N–H and O–H groups in total. The van der Waals surface area contributed by atoms with Crippen molar-refractivity contribution < 1.29 is 14.3 Å². The number of carbonyl (C=O) groups is 2. The highest BCUT2D eigenvalue weighted by atomic mass is 32.2. The third-order valence-electron chi connectivity index (χ3n) is 4.99. The number of hydrogen-bond donors (Lipinski definition) is 1. The summed E-state index contributed by atoms with van der Waals surface area (Å²) in [5.74, 6) is -0.286. The van der Waals surface area contributed by atoms with E-state index in [0.29, 0.717) is 42.3 Å². The number of urea groups is 1. The van der Waals surface area contributed by atoms with E-state index < -0.39 is 5.25 Å². The summed E-state index contributed by atoms with van der Waals surface area (Å²) < 4.78 is 7.31. The topological polar surface area (TPSA) is 93.5 Å². The fourth-order valence-electron chi connectivity index (χ4n) is 3.50. The molecule has 0 radical (unpaired) electrons. The number of benzene rings is 1. The van der Waals surface area contributed by atoms with E-state index in [1.165, 1.54) is 16.7 Å². The number of hydrogen-bond acceptors (Lipinski definition) is 6. The smallest absolute Gasteiger partial charge is 0.324 e. The molecule has 2 saturated heterocycles. The Morgan fingerprint density at radius 2 is 2.21 bits per heavy atom. The number of aromatic nitrogens is 2. The van der Waals surface area contributed by atoms with Gasteiger partial charge in [0, 0.05) is 19.7 Å². The largest absolute Gasteiger partial charge is 0.376 e. The molecular weight excluding hydrogens is 380 g/mol. The van der Waals surface area contributed by atoms with E-state index in [4.69, 9.17) is 4.74 Å². The van der Waals surface area contributed by atoms with Crippen molar-refractivity contribution in [3.05, 3.63) is 34.6 Å². The lowest BCUT2D eigenvalue weighted by molar-refractivity contribution is -0.126. The van der Waals surface area contributed by atoms with E-state index in [9.17, 15) is 14.4 Å². The van der Waals surface area contributed by atoms with Crippen LogP contribution in [0, 0.1) is 0 Å². The zero-order chi connectivity index (χ0) is 19.7. The van der Waals surface area contributed by atoms with Gasteiger partial charge in [0.15, 0.2) is 5.16 Å². The van der Waals surface area contributed by atoms with Crippen LogP contribution >= 0.6 is 11.8 Å². The number of nitrogens with one attached hydrogen (secondary N) is 1. The zero-order valence-corrected chi connectivity index (χ0v) is 16.4. The highest BCUT2D eigenvalue weighted by Crippen LogP contribution is 2.25. The number of para-hydroxylation sites is 1. The van der Waals surface area contributed by atoms with Crippen molar-refractivity contribution >= 4 is 34.6 Å². The molecule has 2 aliphatic rings. The maximum absolute atomic E-state index is 13.1. The first kappa shape index (κ1) is 18.9. The average molecular weight is 402 g/mol. The molecule has 8 nitrogen and oxygen atoms in total. The van der Waals surface area contributed by atoms with E-state index in [2.05, 4.69) is 10.3 Å². The van der Waals surface area contributed by atoms with Crippen molar-refractivity contribution in [1.29, 1.82) is 0 Å². The van der Waals surface area contributed by atoms with Gasteiger partial charge < -0.3 is 10.1 Å². The molecule has 0 spiro atoms. The molecule has 1 aromatic heterocycles. The molecule has 2 aliphatic heterocycles. The summed E-state index contributed by atoms with van der Waals surface area (Å²) in [6.45, 7) is 3.65. The van der Waals surface area contributed by atoms with Crippen LogP contribution in [-0.4, -0.2) is 57.4 Å². The van der Waals surface area contributed by atoms with E-state index in [-0.39, 0.29) is 23.6 Å². The Labute approximate surface area is 166 Å². The second kappa shape index (κ2) is 7.92. The van der Waals surface area contributed by atoms with Gasteiger partial charge in [-0.2, -0.15) is 0 Å². The number of rotatable bonds is 5. The lowest BCUT2D eigenvalue weighted by Gasteiger charge is -2.20. The molecule has 2 aromatic rings. The third kappa shape index (κ3) is 3.64. The summed E-state index contributed by atoms with van der Waals surface area (Å²) in [6.07, 6.45) is 1.84. The maximum Gasteiger partial charge on any atom is 0.324 e. The average Bonchev–Trinajstić information content (AvgIpc) is 3.36. The minimum atomic E-state index is -0.548. The van der Waals surface area contributed by atoms with Crippen LogP contribution in [0.5, 0.6) is 0 Å². The molecule has 2 fully saturated rings. The Morgan fingerprint density at radius 1 is 1.39 bits per heavy atom. The standard InChI is InChI=1S/C19H22N4O4S/c1-12(16(24)22-9-8-20-18(22)26)28-19-21-15-7-3-2-6-14(15)17(25)23(19)11-13-5-4-10-27-13/h2-3,6-7,12-13H,4-5,8-11H2,1H3,(H,20,26)/t12-,13+/m1/s1. The van der Waals surface area contributed by atoms with Crippen LogP contribution in [0.25, 0.3) is 10.9 Å². The van der Waals surface area contributed by atoms with Gasteiger partial charge in [0.05, 0.1) is 28.8 Å². The van der Waals surface area contributed by atoms with Crippen molar-refractivity contribution in [2.24, 2.45) is 0 Å². The number of imide groups is 1. The molecule has 0 unspecified atom stereocenters. The number of thioether (sulfide) groups is 1. The van der Waals surface area contributed by atoms with E-state index in [1.807, 2.05) is 12.1 Å². The zero-order valence-electron chi connectivity index (χ0n) is 15.6. The second-order valence-corrected chi connectivity index (χ2v) is 8.25. The van der Waals surface area contributed by atoms with E-state index >= 15 is 0 Å². The summed E-state index contributed by atoms with van der Waals surface area (Å²) in [5, 5.41) is 3.10. The fraction of sp³-hybridized carbons (Fsp3) is 0.474. The van der Waals surface area contributed by atoms with E-state index in [1.54, 1.807) is 23.6 Å². The quantitative estimate of drug-likeness (QED) is 0.603. The Hall–Kier alpha value is -2.39. The Kier molecular flexibility index (Phi) is 5.36. The summed E-state index contributed by atoms with van der Waals surface area (Å²) >= 11 is 1.20. The third-order valence-corrected chi connectivity index (χ3v) is 6.07. The minimum absolute atomic E-state index is 0.0321. The van der Waals surface area contributed by atoms with Crippen LogP contribution < -0.4 is 10.9 Å². The first-order chi connectivity index (χ1) is 13.5. The van der Waals surface area contributed by atoms with Gasteiger partial charge in [-0.3, -0.25) is 19.1 Å². The number of ether oxygens (including phenoxy) is 1. The normalized spacial score (nSPS) is 20.5. The summed E-state index contributed by atoms with van der Waals surface area (Å²) in [7, 11) is 0. The molecule has 9 heteroatoms. The van der Waals surface area contributed by atoms with Crippen LogP contribution in [-0.2, 0) is 16.1 Å². The monoisotopic (exact) mass is 402 g/mol. The molecule has 4 rings (SSSR count). The van der Waals surface area contributed by atoms with Crippen LogP contribution in [0.4, 0.5) is 4.79 Å². The van der Waals surface area contributed by atoms with Gasteiger partial charge in [0.25, 0.3) is 5.56 Å². The highest BCUT2D eigenvalue weighted by molar-refractivity contribution is 8.00. The number of nitrogens with zero attached hydrogens (tertiary/aromatic N) is 3. The highest BCUT2D eigenvalue weighted by Gasteiger charge is 2.31. The first-order valence-corrected chi connectivity index (χ1v) is 10.3. The molecule has 3 amide bonds. The van der Waals surface area contributed by atoms with Crippen LogP contribution in [0.15, 0.2) is 34.2 Å². The fourth-order valence-corrected chi connectivity index (χ4v) is 4.48. The van der Waals surface area contributed by atoms with Gasteiger partial charge in [0.1, 0.15) is 0 Å². The molecule has 0 bridgehead atoms. The van der Waals surface area contributed by atoms with Gasteiger partial charge in [-0.1, -0.05) is 23.9 Å². The lowest BCUT2D eigenvalue weighted by Crippen LogP contribution is -2.39. The van der Waals surface area contributed by atoms with Crippen LogP contribution in [0.3, 0.4) is 0 Å². The second-order valence-electron chi connectivity index (χ2n) is 6.94. The SMILES string of the molecule is C[C@@H](Sc1nc2ccccc2c(=O)n1C[C@@H]1CCCO1)C(=O)N1CCNC1=O.